The Morgan fingerprint density at radius 1 is 0.389 bits per heavy atom. The number of benzene rings is 2. The second-order valence-corrected chi connectivity index (χ2v) is 11.0. The molecule has 0 aliphatic heterocycles. The fourth-order valence-electron chi connectivity index (χ4n) is 5.16. The molecule has 0 saturated heterocycles. The van der Waals surface area contributed by atoms with Gasteiger partial charge >= 0.3 is 0 Å². The molecule has 0 aliphatic rings. The monoisotopic (exact) mass is 494 g/mol. The second kappa shape index (κ2) is 21.4. The summed E-state index contributed by atoms with van der Waals surface area (Å²) in [5.74, 6) is 0. The zero-order valence-corrected chi connectivity index (χ0v) is 24.0. The van der Waals surface area contributed by atoms with E-state index in [1.165, 1.54) is 151 Å². The highest BCUT2D eigenvalue weighted by Crippen LogP contribution is 2.23. The van der Waals surface area contributed by atoms with Crippen LogP contribution in [0.5, 0.6) is 0 Å². The van der Waals surface area contributed by atoms with Crippen molar-refractivity contribution in [2.75, 3.05) is 23.7 Å². The lowest BCUT2D eigenvalue weighted by Gasteiger charge is -2.10. The zero-order valence-electron chi connectivity index (χ0n) is 24.0. The number of nitrogens with one attached hydrogen (secondary N) is 2. The van der Waals surface area contributed by atoms with E-state index in [1.807, 2.05) is 0 Å². The molecule has 2 nitrogen and oxygen atoms in total. The van der Waals surface area contributed by atoms with Crippen molar-refractivity contribution in [2.45, 2.75) is 142 Å². The van der Waals surface area contributed by atoms with Gasteiger partial charge in [-0.25, -0.2) is 0 Å². The first-order valence-corrected chi connectivity index (χ1v) is 15.8. The topological polar surface area (TPSA) is 24.1 Å². The molecular weight excluding hydrogens is 436 g/mol. The first-order valence-electron chi connectivity index (χ1n) is 15.8. The van der Waals surface area contributed by atoms with Crippen molar-refractivity contribution >= 4 is 22.1 Å². The summed E-state index contributed by atoms with van der Waals surface area (Å²) < 4.78 is 0. The number of rotatable bonds is 24. The maximum atomic E-state index is 3.64. The number of fused-ring (bicyclic) bond motifs is 1. The predicted molar refractivity (Wildman–Crippen MR) is 165 cm³/mol. The quantitative estimate of drug-likeness (QED) is 0.142. The zero-order chi connectivity index (χ0) is 25.5. The largest absolute Gasteiger partial charge is 0.385 e. The van der Waals surface area contributed by atoms with Crippen LogP contribution in [0.15, 0.2) is 36.4 Å². The van der Waals surface area contributed by atoms with Crippen molar-refractivity contribution in [3.8, 4) is 0 Å². The average molecular weight is 495 g/mol. The van der Waals surface area contributed by atoms with Gasteiger partial charge in [0, 0.05) is 24.5 Å². The van der Waals surface area contributed by atoms with Crippen LogP contribution in [0.1, 0.15) is 142 Å². The molecule has 0 amide bonds. The van der Waals surface area contributed by atoms with Crippen molar-refractivity contribution in [1.82, 2.24) is 0 Å². The van der Waals surface area contributed by atoms with E-state index >= 15 is 0 Å². The van der Waals surface area contributed by atoms with E-state index in [2.05, 4.69) is 60.9 Å². The molecule has 0 spiro atoms. The Morgan fingerprint density at radius 2 is 0.694 bits per heavy atom. The summed E-state index contributed by atoms with van der Waals surface area (Å²) in [4.78, 5) is 0. The fraction of sp³-hybridized carbons (Fsp3) is 0.706. The predicted octanol–water partition coefficient (Wildman–Crippen LogP) is 11.5. The molecule has 204 valence electrons. The van der Waals surface area contributed by atoms with Crippen molar-refractivity contribution in [3.63, 3.8) is 0 Å². The van der Waals surface area contributed by atoms with E-state index in [0.717, 1.165) is 13.1 Å². The summed E-state index contributed by atoms with van der Waals surface area (Å²) in [7, 11) is 0. The Labute approximate surface area is 224 Å². The van der Waals surface area contributed by atoms with Crippen LogP contribution in [0.2, 0.25) is 0 Å². The summed E-state index contributed by atoms with van der Waals surface area (Å²) >= 11 is 0. The normalized spacial score (nSPS) is 11.3. The van der Waals surface area contributed by atoms with Crippen LogP contribution in [0.4, 0.5) is 11.4 Å². The summed E-state index contributed by atoms with van der Waals surface area (Å²) in [5.41, 5.74) is 2.51. The van der Waals surface area contributed by atoms with Crippen LogP contribution >= 0.6 is 0 Å². The lowest BCUT2D eigenvalue weighted by Crippen LogP contribution is -2.02. The molecule has 2 aromatic carbocycles. The summed E-state index contributed by atoms with van der Waals surface area (Å²) in [5, 5.41) is 9.93. The van der Waals surface area contributed by atoms with E-state index < -0.39 is 0 Å². The van der Waals surface area contributed by atoms with E-state index in [-0.39, 0.29) is 0 Å². The fourth-order valence-corrected chi connectivity index (χ4v) is 5.16. The smallest absolute Gasteiger partial charge is 0.0346 e. The molecule has 0 fully saturated rings. The van der Waals surface area contributed by atoms with Crippen LogP contribution in [0, 0.1) is 0 Å². The molecule has 2 N–H and O–H groups in total. The maximum Gasteiger partial charge on any atom is 0.0346 e. The first kappa shape index (κ1) is 30.5. The van der Waals surface area contributed by atoms with E-state index in [0.29, 0.717) is 0 Å². The summed E-state index contributed by atoms with van der Waals surface area (Å²) in [6.45, 7) is 6.75. The van der Waals surface area contributed by atoms with Crippen molar-refractivity contribution in [2.24, 2.45) is 0 Å². The molecule has 0 bridgehead atoms. The van der Waals surface area contributed by atoms with Gasteiger partial charge in [0.1, 0.15) is 0 Å². The molecule has 0 radical (unpaired) electrons. The minimum absolute atomic E-state index is 1.08. The minimum atomic E-state index is 1.08. The molecule has 36 heavy (non-hydrogen) atoms. The highest BCUT2D eigenvalue weighted by Gasteiger charge is 2.00. The standard InChI is InChI=1S/C34H58N2/c1-3-5-7-9-11-13-15-17-19-21-27-35-33-25-23-32-30-34(26-24-31(32)29-33)36-28-22-20-18-16-14-12-10-8-6-4-2/h23-26,29-30,35-36H,3-22,27-28H2,1-2H3. The number of anilines is 2. The van der Waals surface area contributed by atoms with Crippen molar-refractivity contribution in [1.29, 1.82) is 0 Å². The van der Waals surface area contributed by atoms with Crippen LogP contribution in [0.3, 0.4) is 0 Å². The van der Waals surface area contributed by atoms with Crippen LogP contribution in [0.25, 0.3) is 10.8 Å². The summed E-state index contributed by atoms with van der Waals surface area (Å²) in [6.07, 6.45) is 27.9. The third-order valence-electron chi connectivity index (χ3n) is 7.56. The second-order valence-electron chi connectivity index (χ2n) is 11.0. The molecule has 0 saturated carbocycles. The molecular formula is C34H58N2. The molecule has 2 heteroatoms. The van der Waals surface area contributed by atoms with Gasteiger partial charge in [-0.15, -0.1) is 0 Å². The van der Waals surface area contributed by atoms with Gasteiger partial charge in [-0.2, -0.15) is 0 Å². The van der Waals surface area contributed by atoms with Crippen molar-refractivity contribution in [3.05, 3.63) is 36.4 Å². The Balaban J connectivity index is 1.51. The van der Waals surface area contributed by atoms with Gasteiger partial charge in [0.25, 0.3) is 0 Å². The SMILES string of the molecule is CCCCCCCCCCCCNc1ccc2cc(NCCCCCCCCCCCC)ccc2c1. The molecule has 2 aromatic rings. The van der Waals surface area contributed by atoms with Crippen LogP contribution in [-0.4, -0.2) is 13.1 Å². The van der Waals surface area contributed by atoms with Gasteiger partial charge in [-0.3, -0.25) is 0 Å². The molecule has 0 unspecified atom stereocenters. The average Bonchev–Trinajstić information content (AvgIpc) is 2.90. The van der Waals surface area contributed by atoms with Gasteiger partial charge in [-0.1, -0.05) is 142 Å². The summed E-state index contributed by atoms with van der Waals surface area (Å²) in [6, 6.07) is 13.6. The van der Waals surface area contributed by atoms with Gasteiger partial charge in [0.2, 0.25) is 0 Å². The van der Waals surface area contributed by atoms with E-state index in [4.69, 9.17) is 0 Å². The number of hydrogen-bond donors (Lipinski definition) is 2. The first-order chi connectivity index (χ1) is 17.8. The van der Waals surface area contributed by atoms with Gasteiger partial charge in [0.05, 0.1) is 0 Å². The van der Waals surface area contributed by atoms with Gasteiger partial charge < -0.3 is 10.6 Å². The van der Waals surface area contributed by atoms with E-state index in [1.54, 1.807) is 0 Å². The Kier molecular flexibility index (Phi) is 18.1. The third-order valence-corrected chi connectivity index (χ3v) is 7.56. The van der Waals surface area contributed by atoms with Crippen molar-refractivity contribution < 1.29 is 0 Å². The minimum Gasteiger partial charge on any atom is -0.385 e. The Bertz CT molecular complexity index is 704. The van der Waals surface area contributed by atoms with Crippen LogP contribution in [-0.2, 0) is 0 Å². The lowest BCUT2D eigenvalue weighted by molar-refractivity contribution is 0.560. The van der Waals surface area contributed by atoms with Crippen LogP contribution < -0.4 is 10.6 Å². The number of unbranched alkanes of at least 4 members (excludes halogenated alkanes) is 18. The molecule has 0 atom stereocenters. The van der Waals surface area contributed by atoms with E-state index in [9.17, 15) is 0 Å². The lowest BCUT2D eigenvalue weighted by atomic mass is 10.1. The third kappa shape index (κ3) is 14.8. The molecule has 0 heterocycles. The Hall–Kier alpha value is -1.70. The maximum absolute atomic E-state index is 3.64. The molecule has 0 aliphatic carbocycles. The molecule has 0 aromatic heterocycles. The highest BCUT2D eigenvalue weighted by atomic mass is 14.9. The van der Waals surface area contributed by atoms with Gasteiger partial charge in [0.15, 0.2) is 0 Å². The molecule has 2 rings (SSSR count). The Morgan fingerprint density at radius 3 is 1.03 bits per heavy atom. The van der Waals surface area contributed by atoms with Gasteiger partial charge in [-0.05, 0) is 47.9 Å². The number of hydrogen-bond acceptors (Lipinski definition) is 2. The highest BCUT2D eigenvalue weighted by molar-refractivity contribution is 5.88.